The molecule has 1 heterocycles. The number of halogens is 1. The summed E-state index contributed by atoms with van der Waals surface area (Å²) in [6.45, 7) is 3.72. The Morgan fingerprint density at radius 3 is 2.76 bits per heavy atom. The summed E-state index contributed by atoms with van der Waals surface area (Å²) in [6, 6.07) is 15.5. The van der Waals surface area contributed by atoms with E-state index in [2.05, 4.69) is 41.4 Å². The second-order valence-corrected chi connectivity index (χ2v) is 7.17. The van der Waals surface area contributed by atoms with E-state index in [0.29, 0.717) is 12.6 Å². The van der Waals surface area contributed by atoms with Crippen LogP contribution in [0.4, 0.5) is 10.1 Å². The Morgan fingerprint density at radius 2 is 1.96 bits per heavy atom. The fourth-order valence-corrected chi connectivity index (χ4v) is 3.96. The van der Waals surface area contributed by atoms with Crippen LogP contribution in [0, 0.1) is 11.7 Å². The topological polar surface area (TPSA) is 32.3 Å². The zero-order valence-corrected chi connectivity index (χ0v) is 14.4. The summed E-state index contributed by atoms with van der Waals surface area (Å²) in [4.78, 5) is 14.7. The van der Waals surface area contributed by atoms with Crippen molar-refractivity contribution >= 4 is 11.6 Å². The lowest BCUT2D eigenvalue weighted by molar-refractivity contribution is -0.122. The summed E-state index contributed by atoms with van der Waals surface area (Å²) < 4.78 is 13.0. The molecule has 1 aliphatic carbocycles. The molecule has 2 aliphatic rings. The van der Waals surface area contributed by atoms with Gasteiger partial charge in [0.15, 0.2) is 0 Å². The first-order valence-electron chi connectivity index (χ1n) is 9.01. The highest BCUT2D eigenvalue weighted by atomic mass is 19.1. The highest BCUT2D eigenvalue weighted by Gasteiger charge is 2.43. The van der Waals surface area contributed by atoms with Crippen molar-refractivity contribution in [1.82, 2.24) is 5.32 Å². The monoisotopic (exact) mass is 338 g/mol. The standard InChI is InChI=1S/C21H23FN2O/c1-14-12-16-4-2-3-5-20(16)24(14)11-10-23-21(25)19-13-18(19)15-6-8-17(22)9-7-15/h2-9,14,18-19H,10-13H2,1H3,(H,23,25)/t14-,18+,19-/m1/s1. The predicted octanol–water partition coefficient (Wildman–Crippen LogP) is 3.50. The zero-order chi connectivity index (χ0) is 17.4. The minimum absolute atomic E-state index is 0.0359. The normalized spacial score (nSPS) is 24.1. The molecule has 25 heavy (non-hydrogen) atoms. The van der Waals surface area contributed by atoms with E-state index in [1.165, 1.54) is 23.4 Å². The first-order chi connectivity index (χ1) is 12.1. The van der Waals surface area contributed by atoms with E-state index in [9.17, 15) is 9.18 Å². The van der Waals surface area contributed by atoms with Crippen LogP contribution in [0.25, 0.3) is 0 Å². The second kappa shape index (κ2) is 6.51. The highest BCUT2D eigenvalue weighted by molar-refractivity contribution is 5.82. The smallest absolute Gasteiger partial charge is 0.223 e. The molecule has 3 nitrogen and oxygen atoms in total. The summed E-state index contributed by atoms with van der Waals surface area (Å²) >= 11 is 0. The number of hydrogen-bond acceptors (Lipinski definition) is 2. The lowest BCUT2D eigenvalue weighted by Gasteiger charge is -2.25. The number of para-hydroxylation sites is 1. The van der Waals surface area contributed by atoms with E-state index >= 15 is 0 Å². The molecule has 1 aliphatic heterocycles. The van der Waals surface area contributed by atoms with Crippen LogP contribution in [0.2, 0.25) is 0 Å². The van der Waals surface area contributed by atoms with Gasteiger partial charge in [-0.25, -0.2) is 4.39 Å². The largest absolute Gasteiger partial charge is 0.367 e. The van der Waals surface area contributed by atoms with E-state index < -0.39 is 0 Å². The molecular weight excluding hydrogens is 315 g/mol. The SMILES string of the molecule is C[C@@H]1Cc2ccccc2N1CCNC(=O)[C@@H]1C[C@H]1c1ccc(F)cc1. The van der Waals surface area contributed by atoms with Crippen LogP contribution in [0.15, 0.2) is 48.5 Å². The molecule has 1 fully saturated rings. The van der Waals surface area contributed by atoms with Gasteiger partial charge in [-0.1, -0.05) is 30.3 Å². The molecule has 0 aromatic heterocycles. The molecule has 2 aromatic carbocycles. The molecule has 0 saturated heterocycles. The second-order valence-electron chi connectivity index (χ2n) is 7.17. The Labute approximate surface area is 147 Å². The number of amides is 1. The van der Waals surface area contributed by atoms with Gasteiger partial charge in [-0.3, -0.25) is 4.79 Å². The Balaban J connectivity index is 1.28. The van der Waals surface area contributed by atoms with Crippen LogP contribution < -0.4 is 10.2 Å². The lowest BCUT2D eigenvalue weighted by Crippen LogP contribution is -2.38. The highest BCUT2D eigenvalue weighted by Crippen LogP contribution is 2.47. The van der Waals surface area contributed by atoms with Crippen molar-refractivity contribution in [3.63, 3.8) is 0 Å². The summed E-state index contributed by atoms with van der Waals surface area (Å²) in [6.07, 6.45) is 1.93. The fraction of sp³-hybridized carbons (Fsp3) is 0.381. The van der Waals surface area contributed by atoms with Crippen molar-refractivity contribution in [2.75, 3.05) is 18.0 Å². The third-order valence-electron chi connectivity index (χ3n) is 5.43. The van der Waals surface area contributed by atoms with E-state index in [0.717, 1.165) is 24.9 Å². The molecule has 0 unspecified atom stereocenters. The molecule has 1 amide bonds. The molecule has 2 aromatic rings. The van der Waals surface area contributed by atoms with Gasteiger partial charge >= 0.3 is 0 Å². The van der Waals surface area contributed by atoms with Crippen LogP contribution in [0.5, 0.6) is 0 Å². The number of carbonyl (C=O) groups is 1. The van der Waals surface area contributed by atoms with Gasteiger partial charge in [0.25, 0.3) is 0 Å². The first-order valence-corrected chi connectivity index (χ1v) is 9.01. The van der Waals surface area contributed by atoms with Gasteiger partial charge in [-0.2, -0.15) is 0 Å². The number of carbonyl (C=O) groups excluding carboxylic acids is 1. The van der Waals surface area contributed by atoms with Gasteiger partial charge in [-0.05, 0) is 55.0 Å². The Morgan fingerprint density at radius 1 is 1.20 bits per heavy atom. The van der Waals surface area contributed by atoms with Crippen molar-refractivity contribution in [3.05, 3.63) is 65.5 Å². The van der Waals surface area contributed by atoms with Crippen LogP contribution in [0.1, 0.15) is 30.4 Å². The molecule has 0 spiro atoms. The third kappa shape index (κ3) is 3.26. The lowest BCUT2D eigenvalue weighted by atomic mass is 10.1. The molecule has 3 atom stereocenters. The summed E-state index contributed by atoms with van der Waals surface area (Å²) in [7, 11) is 0. The minimum Gasteiger partial charge on any atom is -0.367 e. The average Bonchev–Trinajstić information content (AvgIpc) is 3.34. The predicted molar refractivity (Wildman–Crippen MR) is 97.2 cm³/mol. The third-order valence-corrected chi connectivity index (χ3v) is 5.43. The molecular formula is C21H23FN2O. The van der Waals surface area contributed by atoms with Crippen molar-refractivity contribution in [2.45, 2.75) is 31.7 Å². The number of nitrogens with one attached hydrogen (secondary N) is 1. The summed E-state index contributed by atoms with van der Waals surface area (Å²) in [5.41, 5.74) is 3.74. The van der Waals surface area contributed by atoms with Gasteiger partial charge in [-0.15, -0.1) is 0 Å². The number of nitrogens with zero attached hydrogens (tertiary/aromatic N) is 1. The molecule has 4 rings (SSSR count). The maximum Gasteiger partial charge on any atom is 0.223 e. The minimum atomic E-state index is -0.231. The van der Waals surface area contributed by atoms with Gasteiger partial charge < -0.3 is 10.2 Å². The van der Waals surface area contributed by atoms with Crippen molar-refractivity contribution in [2.24, 2.45) is 5.92 Å². The number of fused-ring (bicyclic) bond motifs is 1. The molecule has 130 valence electrons. The molecule has 1 saturated carbocycles. The van der Waals surface area contributed by atoms with Crippen LogP contribution in [0.3, 0.4) is 0 Å². The number of hydrogen-bond donors (Lipinski definition) is 1. The van der Waals surface area contributed by atoms with Gasteiger partial charge in [0.05, 0.1) is 0 Å². The maximum atomic E-state index is 13.0. The number of benzene rings is 2. The Bertz CT molecular complexity index is 774. The molecule has 0 bridgehead atoms. The van der Waals surface area contributed by atoms with Crippen LogP contribution in [-0.2, 0) is 11.2 Å². The number of rotatable bonds is 5. The summed E-state index contributed by atoms with van der Waals surface area (Å²) in [5.74, 6) is 0.167. The molecule has 0 radical (unpaired) electrons. The molecule has 4 heteroatoms. The maximum absolute atomic E-state index is 13.0. The quantitative estimate of drug-likeness (QED) is 0.905. The zero-order valence-electron chi connectivity index (χ0n) is 14.4. The van der Waals surface area contributed by atoms with Crippen molar-refractivity contribution in [3.8, 4) is 0 Å². The fourth-order valence-electron chi connectivity index (χ4n) is 3.96. The van der Waals surface area contributed by atoms with E-state index in [4.69, 9.17) is 0 Å². The van der Waals surface area contributed by atoms with E-state index in [1.54, 1.807) is 12.1 Å². The van der Waals surface area contributed by atoms with Gasteiger partial charge in [0.1, 0.15) is 5.82 Å². The molecule has 1 N–H and O–H groups in total. The Hall–Kier alpha value is -2.36. The first kappa shape index (κ1) is 16.1. The van der Waals surface area contributed by atoms with Crippen molar-refractivity contribution in [1.29, 1.82) is 0 Å². The van der Waals surface area contributed by atoms with Gasteiger partial charge in [0.2, 0.25) is 5.91 Å². The van der Waals surface area contributed by atoms with Crippen LogP contribution in [-0.4, -0.2) is 25.0 Å². The number of anilines is 1. The average molecular weight is 338 g/mol. The van der Waals surface area contributed by atoms with Crippen LogP contribution >= 0.6 is 0 Å². The van der Waals surface area contributed by atoms with Crippen molar-refractivity contribution < 1.29 is 9.18 Å². The Kier molecular flexibility index (Phi) is 4.20. The van der Waals surface area contributed by atoms with Gasteiger partial charge in [0, 0.05) is 30.7 Å². The van der Waals surface area contributed by atoms with E-state index in [-0.39, 0.29) is 23.6 Å². The van der Waals surface area contributed by atoms with E-state index in [1.807, 2.05) is 0 Å². The summed E-state index contributed by atoms with van der Waals surface area (Å²) in [5, 5.41) is 3.08.